The standard InChI is InChI=1S/C5H9FN2S/c1-2-8-3-4(6)5(9)7-8/h4H,2-3H2,1H3,(H,7,9). The Morgan fingerprint density at radius 3 is 2.89 bits per heavy atom. The van der Waals surface area contributed by atoms with Crippen LogP contribution in [0, 0.1) is 0 Å². The molecule has 1 aliphatic heterocycles. The molecule has 9 heavy (non-hydrogen) atoms. The van der Waals surface area contributed by atoms with E-state index in [1.165, 1.54) is 0 Å². The van der Waals surface area contributed by atoms with Gasteiger partial charge in [-0.25, -0.2) is 9.40 Å². The molecule has 1 fully saturated rings. The fourth-order valence-electron chi connectivity index (χ4n) is 0.756. The third-order valence-electron chi connectivity index (χ3n) is 1.32. The molecule has 0 radical (unpaired) electrons. The van der Waals surface area contributed by atoms with Crippen molar-refractivity contribution in [2.45, 2.75) is 13.1 Å². The molecule has 0 amide bonds. The molecule has 0 aromatic heterocycles. The van der Waals surface area contributed by atoms with Crippen LogP contribution in [0.5, 0.6) is 0 Å². The van der Waals surface area contributed by atoms with Crippen molar-refractivity contribution in [2.75, 3.05) is 13.1 Å². The van der Waals surface area contributed by atoms with E-state index >= 15 is 0 Å². The summed E-state index contributed by atoms with van der Waals surface area (Å²) in [6.45, 7) is 3.14. The summed E-state index contributed by atoms with van der Waals surface area (Å²) in [7, 11) is 0. The maximum atomic E-state index is 12.5. The Labute approximate surface area is 59.0 Å². The van der Waals surface area contributed by atoms with Gasteiger partial charge in [0, 0.05) is 6.54 Å². The van der Waals surface area contributed by atoms with Crippen LogP contribution in [-0.2, 0) is 0 Å². The van der Waals surface area contributed by atoms with Crippen molar-refractivity contribution >= 4 is 17.2 Å². The van der Waals surface area contributed by atoms with Gasteiger partial charge in [-0.1, -0.05) is 19.1 Å². The van der Waals surface area contributed by atoms with Crippen molar-refractivity contribution in [1.29, 1.82) is 0 Å². The summed E-state index contributed by atoms with van der Waals surface area (Å²) >= 11 is 4.66. The highest BCUT2D eigenvalue weighted by atomic mass is 32.1. The molecule has 1 N–H and O–H groups in total. The van der Waals surface area contributed by atoms with Crippen molar-refractivity contribution in [3.8, 4) is 0 Å². The lowest BCUT2D eigenvalue weighted by molar-refractivity contribution is 0.254. The van der Waals surface area contributed by atoms with Crippen molar-refractivity contribution in [3.05, 3.63) is 0 Å². The fourth-order valence-corrected chi connectivity index (χ4v) is 0.960. The summed E-state index contributed by atoms with van der Waals surface area (Å²) in [6.07, 6.45) is -0.958. The average Bonchev–Trinajstić information content (AvgIpc) is 2.13. The molecule has 1 saturated heterocycles. The predicted molar refractivity (Wildman–Crippen MR) is 37.9 cm³/mol. The topological polar surface area (TPSA) is 15.3 Å². The number of thiocarbonyl (C=S) groups is 1. The second-order valence-electron chi connectivity index (χ2n) is 1.98. The molecular formula is C5H9FN2S. The quantitative estimate of drug-likeness (QED) is 0.545. The number of hydrazine groups is 1. The number of nitrogens with one attached hydrogen (secondary N) is 1. The highest BCUT2D eigenvalue weighted by Crippen LogP contribution is 2.03. The maximum absolute atomic E-state index is 12.5. The van der Waals surface area contributed by atoms with Gasteiger partial charge in [0.15, 0.2) is 6.17 Å². The van der Waals surface area contributed by atoms with E-state index in [0.29, 0.717) is 11.5 Å². The molecule has 2 nitrogen and oxygen atoms in total. The third kappa shape index (κ3) is 1.37. The highest BCUT2D eigenvalue weighted by molar-refractivity contribution is 7.80. The second kappa shape index (κ2) is 2.58. The van der Waals surface area contributed by atoms with Gasteiger partial charge in [0.2, 0.25) is 0 Å². The smallest absolute Gasteiger partial charge is 0.166 e. The summed E-state index contributed by atoms with van der Waals surface area (Å²) in [5.74, 6) is 0. The van der Waals surface area contributed by atoms with E-state index in [2.05, 4.69) is 17.6 Å². The van der Waals surface area contributed by atoms with E-state index < -0.39 is 6.17 Å². The fraction of sp³-hybridized carbons (Fsp3) is 0.800. The Hall–Kier alpha value is -0.220. The van der Waals surface area contributed by atoms with Crippen molar-refractivity contribution < 1.29 is 4.39 Å². The third-order valence-corrected chi connectivity index (χ3v) is 1.66. The van der Waals surface area contributed by atoms with Crippen LogP contribution in [0.1, 0.15) is 6.92 Å². The summed E-state index contributed by atoms with van der Waals surface area (Å²) < 4.78 is 12.5. The van der Waals surface area contributed by atoms with Gasteiger partial charge < -0.3 is 5.43 Å². The number of alkyl halides is 1. The van der Waals surface area contributed by atoms with Crippen LogP contribution >= 0.6 is 12.2 Å². The van der Waals surface area contributed by atoms with Crippen LogP contribution in [0.15, 0.2) is 0 Å². The molecule has 0 spiro atoms. The van der Waals surface area contributed by atoms with Crippen molar-refractivity contribution in [3.63, 3.8) is 0 Å². The van der Waals surface area contributed by atoms with Gasteiger partial charge in [-0.2, -0.15) is 0 Å². The van der Waals surface area contributed by atoms with E-state index in [9.17, 15) is 4.39 Å². The molecule has 1 aliphatic rings. The zero-order valence-corrected chi connectivity index (χ0v) is 6.04. The van der Waals surface area contributed by atoms with Gasteiger partial charge in [-0.05, 0) is 0 Å². The molecule has 52 valence electrons. The average molecular weight is 148 g/mol. The molecule has 1 unspecified atom stereocenters. The Balaban J connectivity index is 2.44. The van der Waals surface area contributed by atoms with E-state index in [0.717, 1.165) is 6.54 Å². The predicted octanol–water partition coefficient (Wildman–Crippen LogP) is 0.492. The van der Waals surface area contributed by atoms with Crippen molar-refractivity contribution in [2.24, 2.45) is 0 Å². The molecule has 0 aromatic rings. The Kier molecular flexibility index (Phi) is 1.97. The zero-order valence-electron chi connectivity index (χ0n) is 5.22. The lowest BCUT2D eigenvalue weighted by atomic mass is 10.4. The monoisotopic (exact) mass is 148 g/mol. The minimum absolute atomic E-state index is 0.317. The van der Waals surface area contributed by atoms with E-state index in [1.807, 2.05) is 6.92 Å². The van der Waals surface area contributed by atoms with Crippen LogP contribution < -0.4 is 5.43 Å². The van der Waals surface area contributed by atoms with Crippen LogP contribution in [0.3, 0.4) is 0 Å². The molecule has 0 bridgehead atoms. The lowest BCUT2D eigenvalue weighted by Gasteiger charge is -2.09. The number of halogens is 1. The van der Waals surface area contributed by atoms with E-state index in [1.54, 1.807) is 5.01 Å². The summed E-state index contributed by atoms with van der Waals surface area (Å²) in [5, 5.41) is 1.76. The first-order valence-corrected chi connectivity index (χ1v) is 3.34. The molecule has 1 atom stereocenters. The molecule has 4 heteroatoms. The van der Waals surface area contributed by atoms with Crippen LogP contribution in [-0.4, -0.2) is 29.3 Å². The SMILES string of the molecule is CCN1CC(F)C(=S)N1. The lowest BCUT2D eigenvalue weighted by Crippen LogP contribution is -2.31. The van der Waals surface area contributed by atoms with E-state index in [4.69, 9.17) is 0 Å². The molecule has 0 saturated carbocycles. The summed E-state index contributed by atoms with van der Waals surface area (Å²) in [4.78, 5) is 0.317. The molecule has 1 heterocycles. The first-order chi connectivity index (χ1) is 4.24. The van der Waals surface area contributed by atoms with Gasteiger partial charge in [0.25, 0.3) is 0 Å². The molecule has 1 rings (SSSR count). The summed E-state index contributed by atoms with van der Waals surface area (Å²) in [6, 6.07) is 0. The maximum Gasteiger partial charge on any atom is 0.166 e. The summed E-state index contributed by atoms with van der Waals surface area (Å²) in [5.41, 5.74) is 2.74. The van der Waals surface area contributed by atoms with Gasteiger partial charge >= 0.3 is 0 Å². The second-order valence-corrected chi connectivity index (χ2v) is 2.42. The van der Waals surface area contributed by atoms with Crippen molar-refractivity contribution in [1.82, 2.24) is 10.4 Å². The minimum atomic E-state index is -0.958. The number of nitrogens with zero attached hydrogens (tertiary/aromatic N) is 1. The first-order valence-electron chi connectivity index (χ1n) is 2.93. The number of hydrogen-bond acceptors (Lipinski definition) is 2. The minimum Gasteiger partial charge on any atom is -0.310 e. The Morgan fingerprint density at radius 1 is 2.00 bits per heavy atom. The van der Waals surface area contributed by atoms with E-state index in [-0.39, 0.29) is 0 Å². The van der Waals surface area contributed by atoms with Gasteiger partial charge in [0.1, 0.15) is 4.99 Å². The van der Waals surface area contributed by atoms with Gasteiger partial charge in [0.05, 0.1) is 6.54 Å². The van der Waals surface area contributed by atoms with Crippen LogP contribution in [0.2, 0.25) is 0 Å². The van der Waals surface area contributed by atoms with Gasteiger partial charge in [-0.3, -0.25) is 0 Å². The molecular weight excluding hydrogens is 139 g/mol. The first kappa shape index (κ1) is 6.89. The molecule has 0 aromatic carbocycles. The van der Waals surface area contributed by atoms with Crippen LogP contribution in [0.25, 0.3) is 0 Å². The number of hydrogen-bond donors (Lipinski definition) is 1. The normalized spacial score (nSPS) is 28.7. The number of rotatable bonds is 1. The van der Waals surface area contributed by atoms with Gasteiger partial charge in [-0.15, -0.1) is 0 Å². The zero-order chi connectivity index (χ0) is 6.85. The Bertz CT molecular complexity index is 128. The molecule has 0 aliphatic carbocycles. The van der Waals surface area contributed by atoms with Crippen LogP contribution in [0.4, 0.5) is 4.39 Å². The Morgan fingerprint density at radius 2 is 2.67 bits per heavy atom. The highest BCUT2D eigenvalue weighted by Gasteiger charge is 2.24. The largest absolute Gasteiger partial charge is 0.310 e.